The lowest BCUT2D eigenvalue weighted by Gasteiger charge is -1.99. The Morgan fingerprint density at radius 2 is 1.92 bits per heavy atom. The van der Waals surface area contributed by atoms with E-state index in [-0.39, 0.29) is 0 Å². The molecule has 4 heteroatoms. The van der Waals surface area contributed by atoms with Gasteiger partial charge in [-0.05, 0) is 13.8 Å². The quantitative estimate of drug-likeness (QED) is 0.654. The Labute approximate surface area is 76.3 Å². The third kappa shape index (κ3) is 1.56. The van der Waals surface area contributed by atoms with Crippen LogP contribution in [0.25, 0.3) is 5.82 Å². The molecule has 2 aromatic rings. The van der Waals surface area contributed by atoms with Crippen molar-refractivity contribution in [2.75, 3.05) is 0 Å². The molecule has 0 saturated carbocycles. The van der Waals surface area contributed by atoms with E-state index in [2.05, 4.69) is 15.0 Å². The number of hydrogen-bond donors (Lipinski definition) is 0. The second kappa shape index (κ2) is 2.97. The zero-order valence-corrected chi connectivity index (χ0v) is 7.60. The molecule has 13 heavy (non-hydrogen) atoms. The third-order valence-electron chi connectivity index (χ3n) is 1.77. The minimum Gasteiger partial charge on any atom is -0.290 e. The Morgan fingerprint density at radius 1 is 1.08 bits per heavy atom. The Bertz CT molecular complexity index is 419. The molecular formula is C9H10N4. The van der Waals surface area contributed by atoms with Crippen LogP contribution in [0.15, 0.2) is 24.9 Å². The second-order valence-electron chi connectivity index (χ2n) is 2.94. The van der Waals surface area contributed by atoms with E-state index in [9.17, 15) is 0 Å². The molecule has 0 fully saturated rings. The lowest BCUT2D eigenvalue weighted by atomic mass is 10.4. The van der Waals surface area contributed by atoms with E-state index >= 15 is 0 Å². The first-order chi connectivity index (χ1) is 6.25. The third-order valence-corrected chi connectivity index (χ3v) is 1.77. The highest BCUT2D eigenvalue weighted by Crippen LogP contribution is 2.04. The Balaban J connectivity index is 2.46. The van der Waals surface area contributed by atoms with Crippen molar-refractivity contribution in [1.29, 1.82) is 0 Å². The molecule has 0 aliphatic carbocycles. The maximum absolute atomic E-state index is 4.14. The summed E-state index contributed by atoms with van der Waals surface area (Å²) in [6, 6.07) is 1.92. The molecule has 0 N–H and O–H groups in total. The molecule has 0 aliphatic rings. The highest BCUT2D eigenvalue weighted by molar-refractivity contribution is 5.23. The SMILES string of the molecule is Cc1cc(-n2cnc(C)c2)ncn1. The van der Waals surface area contributed by atoms with Crippen LogP contribution in [0.1, 0.15) is 11.4 Å². The molecule has 0 radical (unpaired) electrons. The fourth-order valence-corrected chi connectivity index (χ4v) is 1.13. The van der Waals surface area contributed by atoms with Crippen LogP contribution in [0.2, 0.25) is 0 Å². The monoisotopic (exact) mass is 174 g/mol. The summed E-state index contributed by atoms with van der Waals surface area (Å²) >= 11 is 0. The summed E-state index contributed by atoms with van der Waals surface area (Å²) in [6.07, 6.45) is 5.24. The van der Waals surface area contributed by atoms with E-state index in [0.717, 1.165) is 17.2 Å². The predicted octanol–water partition coefficient (Wildman–Crippen LogP) is 1.28. The van der Waals surface area contributed by atoms with Crippen LogP contribution in [-0.4, -0.2) is 19.5 Å². The van der Waals surface area contributed by atoms with Crippen LogP contribution in [-0.2, 0) is 0 Å². The molecule has 2 rings (SSSR count). The molecule has 2 heterocycles. The first-order valence-corrected chi connectivity index (χ1v) is 4.05. The van der Waals surface area contributed by atoms with Gasteiger partial charge in [0.15, 0.2) is 0 Å². The van der Waals surface area contributed by atoms with E-state index in [1.807, 2.05) is 30.7 Å². The molecule has 0 atom stereocenters. The molecule has 0 aromatic carbocycles. The zero-order valence-electron chi connectivity index (χ0n) is 7.60. The number of hydrogen-bond acceptors (Lipinski definition) is 3. The van der Waals surface area contributed by atoms with Crippen LogP contribution < -0.4 is 0 Å². The highest BCUT2D eigenvalue weighted by Gasteiger charge is 1.98. The van der Waals surface area contributed by atoms with Crippen molar-refractivity contribution in [1.82, 2.24) is 19.5 Å². The van der Waals surface area contributed by atoms with Gasteiger partial charge in [0.1, 0.15) is 18.5 Å². The van der Waals surface area contributed by atoms with Gasteiger partial charge in [-0.2, -0.15) is 0 Å². The van der Waals surface area contributed by atoms with Crippen LogP contribution in [0.4, 0.5) is 0 Å². The molecule has 66 valence electrons. The van der Waals surface area contributed by atoms with Gasteiger partial charge in [0, 0.05) is 18.0 Å². The second-order valence-corrected chi connectivity index (χ2v) is 2.94. The zero-order chi connectivity index (χ0) is 9.26. The molecule has 0 aliphatic heterocycles. The van der Waals surface area contributed by atoms with Crippen molar-refractivity contribution >= 4 is 0 Å². The van der Waals surface area contributed by atoms with Crippen LogP contribution in [0, 0.1) is 13.8 Å². The summed E-state index contributed by atoms with van der Waals surface area (Å²) in [5.74, 6) is 0.855. The topological polar surface area (TPSA) is 43.6 Å². The minimum absolute atomic E-state index is 0.855. The van der Waals surface area contributed by atoms with Gasteiger partial charge in [-0.1, -0.05) is 0 Å². The highest BCUT2D eigenvalue weighted by atomic mass is 15.1. The maximum Gasteiger partial charge on any atom is 0.141 e. The Morgan fingerprint density at radius 3 is 2.54 bits per heavy atom. The summed E-state index contributed by atoms with van der Waals surface area (Å²) in [4.78, 5) is 12.3. The summed E-state index contributed by atoms with van der Waals surface area (Å²) in [7, 11) is 0. The number of nitrogens with zero attached hydrogens (tertiary/aromatic N) is 4. The van der Waals surface area contributed by atoms with Gasteiger partial charge in [0.2, 0.25) is 0 Å². The molecule has 0 saturated heterocycles. The first-order valence-electron chi connectivity index (χ1n) is 4.05. The van der Waals surface area contributed by atoms with E-state index < -0.39 is 0 Å². The van der Waals surface area contributed by atoms with Crippen molar-refractivity contribution in [2.24, 2.45) is 0 Å². The Kier molecular flexibility index (Phi) is 1.81. The minimum atomic E-state index is 0.855. The first kappa shape index (κ1) is 7.91. The van der Waals surface area contributed by atoms with Crippen molar-refractivity contribution < 1.29 is 0 Å². The van der Waals surface area contributed by atoms with Crippen molar-refractivity contribution in [2.45, 2.75) is 13.8 Å². The lowest BCUT2D eigenvalue weighted by molar-refractivity contribution is 0.955. The fraction of sp³-hybridized carbons (Fsp3) is 0.222. The summed E-state index contributed by atoms with van der Waals surface area (Å²) in [5.41, 5.74) is 1.94. The largest absolute Gasteiger partial charge is 0.290 e. The van der Waals surface area contributed by atoms with Gasteiger partial charge < -0.3 is 0 Å². The predicted molar refractivity (Wildman–Crippen MR) is 48.6 cm³/mol. The Hall–Kier alpha value is -1.71. The number of aromatic nitrogens is 4. The van der Waals surface area contributed by atoms with Crippen LogP contribution in [0.5, 0.6) is 0 Å². The van der Waals surface area contributed by atoms with Gasteiger partial charge in [-0.3, -0.25) is 4.57 Å². The van der Waals surface area contributed by atoms with Gasteiger partial charge in [-0.25, -0.2) is 15.0 Å². The van der Waals surface area contributed by atoms with Crippen LogP contribution in [0.3, 0.4) is 0 Å². The molecule has 0 bridgehead atoms. The van der Waals surface area contributed by atoms with Crippen LogP contribution >= 0.6 is 0 Å². The number of aryl methyl sites for hydroxylation is 2. The van der Waals surface area contributed by atoms with Gasteiger partial charge in [0.25, 0.3) is 0 Å². The standard InChI is InChI=1S/C9H10N4/c1-7-3-9(11-5-10-7)13-4-8(2)12-6-13/h3-6H,1-2H3. The normalized spacial score (nSPS) is 10.3. The molecule has 0 spiro atoms. The smallest absolute Gasteiger partial charge is 0.141 e. The number of rotatable bonds is 1. The summed E-state index contributed by atoms with van der Waals surface area (Å²) in [6.45, 7) is 3.89. The van der Waals surface area contributed by atoms with E-state index in [0.29, 0.717) is 0 Å². The van der Waals surface area contributed by atoms with Gasteiger partial charge >= 0.3 is 0 Å². The average Bonchev–Trinajstić information content (AvgIpc) is 2.52. The lowest BCUT2D eigenvalue weighted by Crippen LogP contribution is -1.95. The summed E-state index contributed by atoms with van der Waals surface area (Å²) < 4.78 is 1.88. The number of imidazole rings is 1. The molecule has 4 nitrogen and oxygen atoms in total. The average molecular weight is 174 g/mol. The van der Waals surface area contributed by atoms with Gasteiger partial charge in [0.05, 0.1) is 5.69 Å². The fourth-order valence-electron chi connectivity index (χ4n) is 1.13. The molecular weight excluding hydrogens is 164 g/mol. The molecule has 0 unspecified atom stereocenters. The summed E-state index contributed by atoms with van der Waals surface area (Å²) in [5, 5.41) is 0. The van der Waals surface area contributed by atoms with E-state index in [1.54, 1.807) is 12.7 Å². The van der Waals surface area contributed by atoms with Crippen molar-refractivity contribution in [3.05, 3.63) is 36.3 Å². The van der Waals surface area contributed by atoms with Crippen molar-refractivity contribution in [3.8, 4) is 5.82 Å². The van der Waals surface area contributed by atoms with Gasteiger partial charge in [-0.15, -0.1) is 0 Å². The molecule has 2 aromatic heterocycles. The van der Waals surface area contributed by atoms with E-state index in [4.69, 9.17) is 0 Å². The maximum atomic E-state index is 4.14. The molecule has 0 amide bonds. The van der Waals surface area contributed by atoms with Crippen molar-refractivity contribution in [3.63, 3.8) is 0 Å². The van der Waals surface area contributed by atoms with E-state index in [1.165, 1.54) is 0 Å².